The van der Waals surface area contributed by atoms with Gasteiger partial charge in [0.1, 0.15) is 5.82 Å². The van der Waals surface area contributed by atoms with E-state index in [1.54, 1.807) is 19.1 Å². The smallest absolute Gasteiger partial charge is 0.201 e. The van der Waals surface area contributed by atoms with Gasteiger partial charge in [0.15, 0.2) is 11.6 Å². The Labute approximate surface area is 219 Å². The molecule has 0 aromatic heterocycles. The maximum absolute atomic E-state index is 14.9. The van der Waals surface area contributed by atoms with Crippen molar-refractivity contribution >= 4 is 0 Å². The molecular weight excluding hydrogens is 469 g/mol. The van der Waals surface area contributed by atoms with E-state index in [1.165, 1.54) is 67.9 Å². The Morgan fingerprint density at radius 1 is 0.865 bits per heavy atom. The molecule has 0 atom stereocenters. The highest BCUT2D eigenvalue weighted by molar-refractivity contribution is 5.66. The fraction of sp³-hybridized carbons (Fsp3) is 0.394. The number of ether oxygens (including phenoxy) is 1. The van der Waals surface area contributed by atoms with Gasteiger partial charge in [0, 0.05) is 5.56 Å². The molecule has 0 saturated heterocycles. The summed E-state index contributed by atoms with van der Waals surface area (Å²) in [5, 5.41) is 0. The molecule has 0 heterocycles. The molecule has 1 saturated carbocycles. The van der Waals surface area contributed by atoms with Crippen molar-refractivity contribution in [3.05, 3.63) is 101 Å². The van der Waals surface area contributed by atoms with E-state index in [2.05, 4.69) is 43.3 Å². The number of rotatable bonds is 10. The van der Waals surface area contributed by atoms with Gasteiger partial charge < -0.3 is 4.74 Å². The van der Waals surface area contributed by atoms with Crippen LogP contribution in [-0.4, -0.2) is 6.61 Å². The number of allylic oxidation sites excluding steroid dienone is 2. The number of aryl methyl sites for hydroxylation is 2. The molecule has 3 aromatic carbocycles. The van der Waals surface area contributed by atoms with Gasteiger partial charge >= 0.3 is 0 Å². The molecule has 0 amide bonds. The van der Waals surface area contributed by atoms with Crippen LogP contribution in [0.2, 0.25) is 0 Å². The van der Waals surface area contributed by atoms with Crippen LogP contribution in [-0.2, 0) is 12.8 Å². The second-order valence-electron chi connectivity index (χ2n) is 10.1. The lowest BCUT2D eigenvalue weighted by atomic mass is 9.77. The van der Waals surface area contributed by atoms with Crippen molar-refractivity contribution in [2.24, 2.45) is 5.92 Å². The Balaban J connectivity index is 1.33. The molecular formula is C33H37F3O. The normalized spacial score (nSPS) is 17.9. The maximum Gasteiger partial charge on any atom is 0.201 e. The van der Waals surface area contributed by atoms with Crippen molar-refractivity contribution in [3.8, 4) is 16.9 Å². The second kappa shape index (κ2) is 13.0. The SMILES string of the molecule is C/C=C/CCC1CCC(c2ccc(CCc3ccc(-c4ccc(OCC)c(F)c4F)cc3F)cc2)CC1. The van der Waals surface area contributed by atoms with Crippen LogP contribution in [0.15, 0.2) is 66.7 Å². The van der Waals surface area contributed by atoms with Crippen LogP contribution in [0.4, 0.5) is 13.2 Å². The highest BCUT2D eigenvalue weighted by Gasteiger charge is 2.22. The van der Waals surface area contributed by atoms with Gasteiger partial charge in [0.05, 0.1) is 6.61 Å². The van der Waals surface area contributed by atoms with Crippen molar-refractivity contribution in [2.45, 2.75) is 71.1 Å². The van der Waals surface area contributed by atoms with Gasteiger partial charge in [-0.1, -0.05) is 48.6 Å². The quantitative estimate of drug-likeness (QED) is 0.249. The molecule has 0 unspecified atom stereocenters. The predicted octanol–water partition coefficient (Wildman–Crippen LogP) is 9.58. The summed E-state index contributed by atoms with van der Waals surface area (Å²) in [7, 11) is 0. The summed E-state index contributed by atoms with van der Waals surface area (Å²) in [5.74, 6) is -1.12. The third kappa shape index (κ3) is 6.85. The van der Waals surface area contributed by atoms with Gasteiger partial charge in [-0.05, 0) is 118 Å². The Morgan fingerprint density at radius 3 is 2.30 bits per heavy atom. The van der Waals surface area contributed by atoms with Crippen molar-refractivity contribution in [1.82, 2.24) is 0 Å². The van der Waals surface area contributed by atoms with E-state index in [9.17, 15) is 13.2 Å². The topological polar surface area (TPSA) is 9.23 Å². The zero-order valence-corrected chi connectivity index (χ0v) is 21.9. The number of benzene rings is 3. The third-order valence-electron chi connectivity index (χ3n) is 7.67. The Kier molecular flexibility index (Phi) is 9.49. The summed E-state index contributed by atoms with van der Waals surface area (Å²) in [4.78, 5) is 0. The van der Waals surface area contributed by atoms with Gasteiger partial charge in [-0.2, -0.15) is 4.39 Å². The molecule has 0 aliphatic heterocycles. The van der Waals surface area contributed by atoms with Gasteiger partial charge in [0.2, 0.25) is 5.82 Å². The molecule has 196 valence electrons. The first-order valence-electron chi connectivity index (χ1n) is 13.6. The average molecular weight is 507 g/mol. The predicted molar refractivity (Wildman–Crippen MR) is 146 cm³/mol. The summed E-state index contributed by atoms with van der Waals surface area (Å²) in [6.07, 6.45) is 13.3. The highest BCUT2D eigenvalue weighted by atomic mass is 19.2. The average Bonchev–Trinajstić information content (AvgIpc) is 2.92. The molecule has 0 spiro atoms. The summed E-state index contributed by atoms with van der Waals surface area (Å²) < 4.78 is 48.7. The van der Waals surface area contributed by atoms with Crippen molar-refractivity contribution < 1.29 is 17.9 Å². The van der Waals surface area contributed by atoms with Crippen LogP contribution in [0, 0.1) is 23.4 Å². The molecule has 1 fully saturated rings. The van der Waals surface area contributed by atoms with Crippen molar-refractivity contribution in [2.75, 3.05) is 6.61 Å². The fourth-order valence-electron chi connectivity index (χ4n) is 5.46. The minimum absolute atomic E-state index is 0.0221. The minimum atomic E-state index is -1.05. The minimum Gasteiger partial charge on any atom is -0.491 e. The third-order valence-corrected chi connectivity index (χ3v) is 7.67. The highest BCUT2D eigenvalue weighted by Crippen LogP contribution is 2.37. The standard InChI is InChI=1S/C33H37F3O/c1-3-5-6-7-23-8-13-25(14-9-23)26-15-10-24(11-16-26)12-17-27-18-19-28(22-30(27)34)29-20-21-31(37-4-2)33(36)32(29)35/h3,5,10-11,15-16,18-23,25H,4,6-9,12-14,17H2,1-2H3/b5-3+. The molecule has 0 bridgehead atoms. The molecule has 0 radical (unpaired) electrons. The Hall–Kier alpha value is -3.01. The van der Waals surface area contributed by atoms with Gasteiger partial charge in [0.25, 0.3) is 0 Å². The largest absolute Gasteiger partial charge is 0.491 e. The van der Waals surface area contributed by atoms with E-state index >= 15 is 0 Å². The Morgan fingerprint density at radius 2 is 1.62 bits per heavy atom. The Bertz CT molecular complexity index is 1190. The summed E-state index contributed by atoms with van der Waals surface area (Å²) in [5.41, 5.74) is 3.48. The first kappa shape index (κ1) is 27.0. The van der Waals surface area contributed by atoms with Crippen molar-refractivity contribution in [1.29, 1.82) is 0 Å². The van der Waals surface area contributed by atoms with E-state index in [0.717, 1.165) is 12.3 Å². The monoisotopic (exact) mass is 506 g/mol. The number of hydrogen-bond donors (Lipinski definition) is 0. The zero-order chi connectivity index (χ0) is 26.2. The van der Waals surface area contributed by atoms with Crippen LogP contribution < -0.4 is 4.74 Å². The lowest BCUT2D eigenvalue weighted by molar-refractivity contribution is 0.312. The van der Waals surface area contributed by atoms with E-state index in [0.29, 0.717) is 23.5 Å². The van der Waals surface area contributed by atoms with E-state index < -0.39 is 17.5 Å². The molecule has 4 rings (SSSR count). The zero-order valence-electron chi connectivity index (χ0n) is 21.9. The summed E-state index contributed by atoms with van der Waals surface area (Å²) >= 11 is 0. The van der Waals surface area contributed by atoms with Gasteiger partial charge in [-0.25, -0.2) is 8.78 Å². The van der Waals surface area contributed by atoms with Crippen LogP contribution in [0.5, 0.6) is 5.75 Å². The lowest BCUT2D eigenvalue weighted by Gasteiger charge is -2.28. The van der Waals surface area contributed by atoms with E-state index in [-0.39, 0.29) is 17.9 Å². The molecule has 1 nitrogen and oxygen atoms in total. The van der Waals surface area contributed by atoms with Crippen LogP contribution in [0.25, 0.3) is 11.1 Å². The maximum atomic E-state index is 14.9. The fourth-order valence-corrected chi connectivity index (χ4v) is 5.46. The number of hydrogen-bond acceptors (Lipinski definition) is 1. The first-order valence-corrected chi connectivity index (χ1v) is 13.6. The van der Waals surface area contributed by atoms with Gasteiger partial charge in [-0.15, -0.1) is 0 Å². The van der Waals surface area contributed by atoms with Crippen molar-refractivity contribution in [3.63, 3.8) is 0 Å². The van der Waals surface area contributed by atoms with Crippen LogP contribution in [0.3, 0.4) is 0 Å². The molecule has 4 heteroatoms. The lowest BCUT2D eigenvalue weighted by Crippen LogP contribution is -2.13. The van der Waals surface area contributed by atoms with E-state index in [4.69, 9.17) is 4.74 Å². The van der Waals surface area contributed by atoms with Crippen LogP contribution >= 0.6 is 0 Å². The van der Waals surface area contributed by atoms with Crippen LogP contribution in [0.1, 0.15) is 75.0 Å². The van der Waals surface area contributed by atoms with E-state index in [1.807, 2.05) is 0 Å². The molecule has 0 N–H and O–H groups in total. The summed E-state index contributed by atoms with van der Waals surface area (Å²) in [6.45, 7) is 4.02. The molecule has 1 aliphatic rings. The first-order chi connectivity index (χ1) is 18.0. The molecule has 37 heavy (non-hydrogen) atoms. The van der Waals surface area contributed by atoms with Gasteiger partial charge in [-0.3, -0.25) is 0 Å². The summed E-state index contributed by atoms with van der Waals surface area (Å²) in [6, 6.07) is 16.2. The number of halogens is 3. The molecule has 1 aliphatic carbocycles. The molecule has 3 aromatic rings. The second-order valence-corrected chi connectivity index (χ2v) is 10.1.